The molecular formula is C20H16ClFN4O. The first-order valence-electron chi connectivity index (χ1n) is 8.31. The number of benzene rings is 2. The first-order chi connectivity index (χ1) is 13.0. The summed E-state index contributed by atoms with van der Waals surface area (Å²) >= 11 is 6.11. The lowest BCUT2D eigenvalue weighted by atomic mass is 10.1. The molecule has 0 aliphatic rings. The van der Waals surface area contributed by atoms with Crippen LogP contribution in [-0.4, -0.2) is 26.9 Å². The summed E-state index contributed by atoms with van der Waals surface area (Å²) in [4.78, 5) is 8.87. The van der Waals surface area contributed by atoms with Crippen LogP contribution in [0.25, 0.3) is 22.2 Å². The fraction of sp³-hybridized carbons (Fsp3) is 0.150. The van der Waals surface area contributed by atoms with Crippen molar-refractivity contribution >= 4 is 22.5 Å². The van der Waals surface area contributed by atoms with Crippen molar-refractivity contribution in [1.82, 2.24) is 19.7 Å². The van der Waals surface area contributed by atoms with Crippen LogP contribution in [0.1, 0.15) is 11.3 Å². The van der Waals surface area contributed by atoms with E-state index < -0.39 is 0 Å². The van der Waals surface area contributed by atoms with Gasteiger partial charge in [-0.25, -0.2) is 4.39 Å². The summed E-state index contributed by atoms with van der Waals surface area (Å²) < 4.78 is 20.7. The second-order valence-corrected chi connectivity index (χ2v) is 6.67. The zero-order chi connectivity index (χ0) is 19.0. The van der Waals surface area contributed by atoms with Gasteiger partial charge >= 0.3 is 0 Å². The van der Waals surface area contributed by atoms with E-state index in [-0.39, 0.29) is 5.82 Å². The molecule has 0 N–H and O–H groups in total. The third kappa shape index (κ3) is 3.48. The maximum Gasteiger partial charge on any atom is 0.127 e. The molecule has 4 rings (SSSR count). The first-order valence-corrected chi connectivity index (χ1v) is 8.69. The maximum absolute atomic E-state index is 13.7. The van der Waals surface area contributed by atoms with E-state index in [0.29, 0.717) is 28.6 Å². The highest BCUT2D eigenvalue weighted by atomic mass is 35.5. The summed E-state index contributed by atoms with van der Waals surface area (Å²) in [6.07, 6.45) is 5.08. The second kappa shape index (κ2) is 6.96. The number of aryl methyl sites for hydroxylation is 1. The Balaban J connectivity index is 1.63. The molecule has 0 aliphatic heterocycles. The maximum atomic E-state index is 13.7. The number of ether oxygens (including phenoxy) is 1. The fourth-order valence-electron chi connectivity index (χ4n) is 3.09. The molecule has 0 bridgehead atoms. The van der Waals surface area contributed by atoms with Gasteiger partial charge in [-0.05, 0) is 36.8 Å². The average molecular weight is 383 g/mol. The van der Waals surface area contributed by atoms with Crippen molar-refractivity contribution in [3.05, 3.63) is 71.0 Å². The predicted octanol–water partition coefficient (Wildman–Crippen LogP) is 4.65. The van der Waals surface area contributed by atoms with Crippen molar-refractivity contribution in [3.63, 3.8) is 0 Å². The minimum atomic E-state index is -0.382. The van der Waals surface area contributed by atoms with Crippen molar-refractivity contribution in [2.24, 2.45) is 0 Å². The Morgan fingerprint density at radius 1 is 1.07 bits per heavy atom. The molecule has 0 aliphatic carbocycles. The first kappa shape index (κ1) is 17.4. The minimum Gasteiger partial charge on any atom is -0.497 e. The quantitative estimate of drug-likeness (QED) is 0.515. The molecule has 0 saturated heterocycles. The Hall–Kier alpha value is -2.99. The fourth-order valence-corrected chi connectivity index (χ4v) is 3.37. The van der Waals surface area contributed by atoms with Gasteiger partial charge in [0, 0.05) is 22.0 Å². The highest BCUT2D eigenvalue weighted by molar-refractivity contribution is 6.31. The molecule has 0 unspecified atom stereocenters. The summed E-state index contributed by atoms with van der Waals surface area (Å²) in [6, 6.07) is 8.25. The van der Waals surface area contributed by atoms with Gasteiger partial charge < -0.3 is 4.74 Å². The van der Waals surface area contributed by atoms with Crippen LogP contribution < -0.4 is 4.74 Å². The topological polar surface area (TPSA) is 52.8 Å². The van der Waals surface area contributed by atoms with Crippen molar-refractivity contribution in [2.75, 3.05) is 7.11 Å². The van der Waals surface area contributed by atoms with Crippen molar-refractivity contribution in [1.29, 1.82) is 0 Å². The molecule has 0 radical (unpaired) electrons. The van der Waals surface area contributed by atoms with Gasteiger partial charge in [-0.15, -0.1) is 0 Å². The molecule has 0 amide bonds. The standard InChI is InChI=1S/C20H16ClFN4O/c1-12-3-15(21)4-14-8-25-26(20(12)14)11-17-9-24-19(10-23-17)13-5-16(22)7-18(6-13)27-2/h3-10H,11H2,1-2H3. The van der Waals surface area contributed by atoms with Crippen LogP contribution in [0.2, 0.25) is 5.02 Å². The molecule has 0 fully saturated rings. The lowest BCUT2D eigenvalue weighted by molar-refractivity contribution is 0.411. The molecule has 4 aromatic rings. The van der Waals surface area contributed by atoms with Crippen LogP contribution in [0.4, 0.5) is 4.39 Å². The van der Waals surface area contributed by atoms with Gasteiger partial charge in [0.2, 0.25) is 0 Å². The largest absolute Gasteiger partial charge is 0.497 e. The van der Waals surface area contributed by atoms with Gasteiger partial charge in [-0.1, -0.05) is 11.6 Å². The number of nitrogens with zero attached hydrogens (tertiary/aromatic N) is 4. The number of hydrogen-bond donors (Lipinski definition) is 0. The number of rotatable bonds is 4. The molecule has 27 heavy (non-hydrogen) atoms. The number of methoxy groups -OCH3 is 1. The Bertz CT molecular complexity index is 1120. The highest BCUT2D eigenvalue weighted by Gasteiger charge is 2.10. The molecule has 0 saturated carbocycles. The van der Waals surface area contributed by atoms with Crippen molar-refractivity contribution in [2.45, 2.75) is 13.5 Å². The number of hydrogen-bond acceptors (Lipinski definition) is 4. The monoisotopic (exact) mass is 382 g/mol. The van der Waals surface area contributed by atoms with Crippen LogP contribution in [0.5, 0.6) is 5.75 Å². The summed E-state index contributed by atoms with van der Waals surface area (Å²) in [5.74, 6) is 0.0559. The summed E-state index contributed by atoms with van der Waals surface area (Å²) in [6.45, 7) is 2.48. The number of halogens is 2. The van der Waals surface area contributed by atoms with E-state index in [4.69, 9.17) is 16.3 Å². The summed E-state index contributed by atoms with van der Waals surface area (Å²) in [7, 11) is 1.50. The molecule has 0 spiro atoms. The molecule has 2 heterocycles. The normalized spacial score (nSPS) is 11.1. The Morgan fingerprint density at radius 2 is 1.93 bits per heavy atom. The molecule has 7 heteroatoms. The van der Waals surface area contributed by atoms with E-state index in [1.807, 2.05) is 23.7 Å². The van der Waals surface area contributed by atoms with Crippen LogP contribution in [-0.2, 0) is 6.54 Å². The lowest BCUT2D eigenvalue weighted by Gasteiger charge is -2.08. The third-order valence-electron chi connectivity index (χ3n) is 4.31. The van der Waals surface area contributed by atoms with Gasteiger partial charge in [0.1, 0.15) is 11.6 Å². The average Bonchev–Trinajstić information content (AvgIpc) is 3.04. The van der Waals surface area contributed by atoms with Crippen molar-refractivity contribution in [3.8, 4) is 17.0 Å². The zero-order valence-electron chi connectivity index (χ0n) is 14.8. The molecule has 5 nitrogen and oxygen atoms in total. The van der Waals surface area contributed by atoms with Gasteiger partial charge in [-0.3, -0.25) is 14.6 Å². The Kier molecular flexibility index (Phi) is 4.49. The van der Waals surface area contributed by atoms with Gasteiger partial charge in [0.25, 0.3) is 0 Å². The van der Waals surface area contributed by atoms with E-state index in [2.05, 4.69) is 15.1 Å². The second-order valence-electron chi connectivity index (χ2n) is 6.24. The molecular weight excluding hydrogens is 367 g/mol. The third-order valence-corrected chi connectivity index (χ3v) is 4.53. The highest BCUT2D eigenvalue weighted by Crippen LogP contribution is 2.25. The van der Waals surface area contributed by atoms with E-state index in [1.54, 1.807) is 24.7 Å². The number of fused-ring (bicyclic) bond motifs is 1. The lowest BCUT2D eigenvalue weighted by Crippen LogP contribution is -2.05. The summed E-state index contributed by atoms with van der Waals surface area (Å²) in [5.41, 5.74) is 4.00. The van der Waals surface area contributed by atoms with Crippen LogP contribution >= 0.6 is 11.6 Å². The molecule has 2 aromatic carbocycles. The SMILES string of the molecule is COc1cc(F)cc(-c2cnc(Cn3ncc4cc(Cl)cc(C)c43)cn2)c1. The molecule has 2 aromatic heterocycles. The predicted molar refractivity (Wildman–Crippen MR) is 103 cm³/mol. The van der Waals surface area contributed by atoms with E-state index >= 15 is 0 Å². The Morgan fingerprint density at radius 3 is 2.67 bits per heavy atom. The van der Waals surface area contributed by atoms with Gasteiger partial charge in [0.15, 0.2) is 0 Å². The van der Waals surface area contributed by atoms with Crippen molar-refractivity contribution < 1.29 is 9.13 Å². The number of aromatic nitrogens is 4. The van der Waals surface area contributed by atoms with E-state index in [0.717, 1.165) is 22.2 Å². The Labute approximate surface area is 160 Å². The van der Waals surface area contributed by atoms with E-state index in [1.165, 1.54) is 19.2 Å². The molecule has 136 valence electrons. The van der Waals surface area contributed by atoms with Crippen LogP contribution in [0.15, 0.2) is 48.9 Å². The minimum absolute atomic E-state index is 0.382. The van der Waals surface area contributed by atoms with Gasteiger partial charge in [-0.2, -0.15) is 5.10 Å². The van der Waals surface area contributed by atoms with Crippen LogP contribution in [0, 0.1) is 12.7 Å². The van der Waals surface area contributed by atoms with E-state index in [9.17, 15) is 4.39 Å². The van der Waals surface area contributed by atoms with Crippen LogP contribution in [0.3, 0.4) is 0 Å². The van der Waals surface area contributed by atoms with Gasteiger partial charge in [0.05, 0.1) is 49.1 Å². The smallest absolute Gasteiger partial charge is 0.127 e. The summed E-state index contributed by atoms with van der Waals surface area (Å²) in [5, 5.41) is 6.10. The zero-order valence-corrected chi connectivity index (χ0v) is 15.5. The molecule has 0 atom stereocenters.